The Balaban J connectivity index is 1.84. The van der Waals surface area contributed by atoms with Crippen LogP contribution in [-0.4, -0.2) is 26.4 Å². The van der Waals surface area contributed by atoms with Gasteiger partial charge in [-0.05, 0) is 30.7 Å². The Hall–Kier alpha value is -3.22. The van der Waals surface area contributed by atoms with E-state index in [1.165, 1.54) is 0 Å². The van der Waals surface area contributed by atoms with Crippen molar-refractivity contribution in [2.75, 3.05) is 12.8 Å². The van der Waals surface area contributed by atoms with Crippen molar-refractivity contribution in [3.05, 3.63) is 47.0 Å². The number of aromatic nitrogens is 4. The van der Waals surface area contributed by atoms with Gasteiger partial charge < -0.3 is 15.6 Å². The Kier molecular flexibility index (Phi) is 4.35. The molecule has 0 aliphatic rings. The van der Waals surface area contributed by atoms with E-state index in [2.05, 4.69) is 12.0 Å². The number of aromatic amines is 1. The van der Waals surface area contributed by atoms with Gasteiger partial charge in [0.15, 0.2) is 5.65 Å². The Morgan fingerprint density at radius 1 is 1.22 bits per heavy atom. The van der Waals surface area contributed by atoms with Gasteiger partial charge in [0.1, 0.15) is 5.75 Å². The molecule has 0 radical (unpaired) electrons. The second kappa shape index (κ2) is 6.83. The number of rotatable bonds is 6. The molecule has 3 heterocycles. The lowest BCUT2D eigenvalue weighted by molar-refractivity contribution is 0.414. The van der Waals surface area contributed by atoms with E-state index in [-0.39, 0.29) is 5.56 Å². The molecule has 0 amide bonds. The Bertz CT molecular complexity index is 1150. The maximum Gasteiger partial charge on any atom is 0.266 e. The van der Waals surface area contributed by atoms with E-state index in [0.29, 0.717) is 16.6 Å². The van der Waals surface area contributed by atoms with E-state index in [4.69, 9.17) is 15.5 Å². The van der Waals surface area contributed by atoms with Gasteiger partial charge in [-0.15, -0.1) is 0 Å². The predicted molar refractivity (Wildman–Crippen MR) is 108 cm³/mol. The molecule has 4 aromatic rings. The zero-order chi connectivity index (χ0) is 19.0. The topological polar surface area (TPSA) is 90.9 Å². The smallest absolute Gasteiger partial charge is 0.266 e. The minimum absolute atomic E-state index is 0.166. The molecule has 0 fully saturated rings. The second-order valence-corrected chi connectivity index (χ2v) is 6.66. The second-order valence-electron chi connectivity index (χ2n) is 6.66. The minimum Gasteiger partial charge on any atom is -0.497 e. The molecule has 27 heavy (non-hydrogen) atoms. The fraction of sp³-hybridized carbons (Fsp3) is 0.300. The van der Waals surface area contributed by atoms with Crippen LogP contribution in [0.5, 0.6) is 5.75 Å². The highest BCUT2D eigenvalue weighted by Gasteiger charge is 2.17. The number of hydrogen-bond donors (Lipinski definition) is 2. The van der Waals surface area contributed by atoms with Crippen molar-refractivity contribution in [2.45, 2.75) is 32.7 Å². The number of benzene rings is 1. The molecule has 0 saturated carbocycles. The average Bonchev–Trinajstić information content (AvgIpc) is 3.24. The number of fused-ring (bicyclic) bond motifs is 2. The van der Waals surface area contributed by atoms with Crippen molar-refractivity contribution in [1.29, 1.82) is 0 Å². The summed E-state index contributed by atoms with van der Waals surface area (Å²) in [5.41, 5.74) is 8.79. The summed E-state index contributed by atoms with van der Waals surface area (Å²) in [7, 11) is 1.61. The summed E-state index contributed by atoms with van der Waals surface area (Å²) < 4.78 is 8.76. The third kappa shape index (κ3) is 2.85. The number of methoxy groups -OCH3 is 1. The molecule has 7 heteroatoms. The molecule has 0 aliphatic carbocycles. The number of nitrogens with zero attached hydrogens (tertiary/aromatic N) is 3. The minimum atomic E-state index is -0.166. The quantitative estimate of drug-likeness (QED) is 0.512. The molecule has 0 aliphatic heterocycles. The van der Waals surface area contributed by atoms with Gasteiger partial charge in [0.05, 0.1) is 29.1 Å². The average molecular weight is 365 g/mol. The molecule has 0 bridgehead atoms. The van der Waals surface area contributed by atoms with Crippen LogP contribution in [0.15, 0.2) is 41.5 Å². The monoisotopic (exact) mass is 365 g/mol. The zero-order valence-corrected chi connectivity index (χ0v) is 15.5. The Labute approximate surface area is 156 Å². The fourth-order valence-corrected chi connectivity index (χ4v) is 3.42. The number of hydrogen-bond acceptors (Lipinski definition) is 4. The van der Waals surface area contributed by atoms with Crippen molar-refractivity contribution < 1.29 is 4.74 Å². The first kappa shape index (κ1) is 17.2. The van der Waals surface area contributed by atoms with Crippen LogP contribution in [0.1, 0.15) is 26.2 Å². The molecule has 0 spiro atoms. The number of H-pyrrole nitrogens is 1. The first-order valence-corrected chi connectivity index (χ1v) is 9.17. The predicted octanol–water partition coefficient (Wildman–Crippen LogP) is 3.45. The summed E-state index contributed by atoms with van der Waals surface area (Å²) in [6.45, 7) is 3.02. The summed E-state index contributed by atoms with van der Waals surface area (Å²) >= 11 is 0. The first-order valence-electron chi connectivity index (χ1n) is 9.17. The lowest BCUT2D eigenvalue weighted by Gasteiger charge is -2.04. The van der Waals surface area contributed by atoms with Gasteiger partial charge in [0.2, 0.25) is 0 Å². The van der Waals surface area contributed by atoms with E-state index in [9.17, 15) is 4.79 Å². The Morgan fingerprint density at radius 2 is 2.00 bits per heavy atom. The van der Waals surface area contributed by atoms with Crippen LogP contribution in [0.25, 0.3) is 27.6 Å². The van der Waals surface area contributed by atoms with Crippen LogP contribution >= 0.6 is 0 Å². The van der Waals surface area contributed by atoms with Crippen LogP contribution in [-0.2, 0) is 6.54 Å². The van der Waals surface area contributed by atoms with Crippen molar-refractivity contribution in [3.8, 4) is 11.4 Å². The molecule has 7 nitrogen and oxygen atoms in total. The maximum absolute atomic E-state index is 13.0. The third-order valence-corrected chi connectivity index (χ3v) is 4.92. The third-order valence-electron chi connectivity index (χ3n) is 4.92. The molecule has 3 N–H and O–H groups in total. The number of nitrogens with one attached hydrogen (secondary N) is 1. The van der Waals surface area contributed by atoms with E-state index in [0.717, 1.165) is 48.3 Å². The standard InChI is InChI=1S/C20H23N5O2/c1-3-4-5-10-25-19-15(11-22-25)18(21)17-16(23-19)12-24(20(17)26)13-6-8-14(27-2)9-7-13/h6-9,11-12,22H,3-5,10,21H2,1-2H3. The van der Waals surface area contributed by atoms with Crippen molar-refractivity contribution in [2.24, 2.45) is 0 Å². The van der Waals surface area contributed by atoms with Crippen LogP contribution in [0, 0.1) is 0 Å². The first-order chi connectivity index (χ1) is 13.1. The molecule has 0 atom stereocenters. The fourth-order valence-electron chi connectivity index (χ4n) is 3.42. The molecular formula is C20H23N5O2. The van der Waals surface area contributed by atoms with Crippen molar-refractivity contribution >= 4 is 27.6 Å². The van der Waals surface area contributed by atoms with E-state index in [1.54, 1.807) is 17.9 Å². The van der Waals surface area contributed by atoms with Gasteiger partial charge in [-0.2, -0.15) is 0 Å². The summed E-state index contributed by atoms with van der Waals surface area (Å²) in [5.74, 6) is 0.739. The summed E-state index contributed by atoms with van der Waals surface area (Å²) in [5, 5.41) is 4.45. The summed E-state index contributed by atoms with van der Waals surface area (Å²) in [6.07, 6.45) is 6.95. The number of nitrogens with two attached hydrogens (primary N) is 1. The van der Waals surface area contributed by atoms with Crippen LogP contribution in [0.4, 0.5) is 5.69 Å². The lowest BCUT2D eigenvalue weighted by atomic mass is 10.2. The van der Waals surface area contributed by atoms with Gasteiger partial charge in [0, 0.05) is 24.6 Å². The molecule has 3 aromatic heterocycles. The van der Waals surface area contributed by atoms with Gasteiger partial charge in [-0.1, -0.05) is 19.8 Å². The van der Waals surface area contributed by atoms with Gasteiger partial charge >= 0.3 is 0 Å². The van der Waals surface area contributed by atoms with Crippen molar-refractivity contribution in [3.63, 3.8) is 0 Å². The van der Waals surface area contributed by atoms with Crippen LogP contribution < -0.4 is 16.0 Å². The number of anilines is 1. The van der Waals surface area contributed by atoms with Gasteiger partial charge in [-0.25, -0.2) is 4.98 Å². The molecule has 140 valence electrons. The molecule has 0 saturated heterocycles. The van der Waals surface area contributed by atoms with E-state index >= 15 is 0 Å². The molecular weight excluding hydrogens is 342 g/mol. The highest BCUT2D eigenvalue weighted by atomic mass is 16.5. The highest BCUT2D eigenvalue weighted by molar-refractivity contribution is 6.05. The van der Waals surface area contributed by atoms with Crippen LogP contribution in [0.2, 0.25) is 0 Å². The van der Waals surface area contributed by atoms with Crippen LogP contribution in [0.3, 0.4) is 0 Å². The molecule has 0 unspecified atom stereocenters. The lowest BCUT2D eigenvalue weighted by Crippen LogP contribution is -2.13. The Morgan fingerprint density at radius 3 is 2.70 bits per heavy atom. The van der Waals surface area contributed by atoms with Gasteiger partial charge in [-0.3, -0.25) is 14.0 Å². The SMILES string of the molecule is CCCCCn1[nH]cc2c(N)c3c(=O)n(-c4ccc(OC)cc4)cc3nc21. The number of unbranched alkanes of at least 4 members (excludes halogenated alkanes) is 2. The summed E-state index contributed by atoms with van der Waals surface area (Å²) in [4.78, 5) is 17.7. The van der Waals surface area contributed by atoms with E-state index < -0.39 is 0 Å². The maximum atomic E-state index is 13.0. The van der Waals surface area contributed by atoms with Crippen molar-refractivity contribution in [1.82, 2.24) is 19.3 Å². The molecule has 1 aromatic carbocycles. The number of aryl methyl sites for hydroxylation is 1. The van der Waals surface area contributed by atoms with E-state index in [1.807, 2.05) is 35.1 Å². The number of pyridine rings is 1. The zero-order valence-electron chi connectivity index (χ0n) is 15.5. The van der Waals surface area contributed by atoms with Gasteiger partial charge in [0.25, 0.3) is 5.56 Å². The highest BCUT2D eigenvalue weighted by Crippen LogP contribution is 2.27. The number of nitrogen functional groups attached to an aromatic ring is 1. The molecule has 4 rings (SSSR count). The number of ether oxygens (including phenoxy) is 1. The largest absolute Gasteiger partial charge is 0.497 e. The normalized spacial score (nSPS) is 11.5. The summed E-state index contributed by atoms with van der Waals surface area (Å²) in [6, 6.07) is 7.33.